The van der Waals surface area contributed by atoms with Gasteiger partial charge in [0, 0.05) is 0 Å². The molecule has 1 rings (SSSR count). The van der Waals surface area contributed by atoms with Crippen molar-refractivity contribution in [1.29, 1.82) is 5.53 Å². The number of hydrogen-bond acceptors (Lipinski definition) is 3. The fourth-order valence-electron chi connectivity index (χ4n) is 1.25. The molecule has 0 radical (unpaired) electrons. The number of hydrogen-bond donors (Lipinski definition) is 1. The molecule has 2 atom stereocenters. The van der Waals surface area contributed by atoms with Crippen molar-refractivity contribution in [3.63, 3.8) is 0 Å². The molecule has 2 nitrogen and oxygen atoms in total. The Morgan fingerprint density at radius 1 is 1.70 bits per heavy atom. The molecule has 0 aromatic carbocycles. The summed E-state index contributed by atoms with van der Waals surface area (Å²) in [7, 11) is 0. The van der Waals surface area contributed by atoms with Crippen LogP contribution in [0.15, 0.2) is 5.11 Å². The maximum Gasteiger partial charge on any atom is 0.0713 e. The lowest BCUT2D eigenvalue weighted by atomic mass is 9.98. The van der Waals surface area contributed by atoms with Crippen molar-refractivity contribution in [3.8, 4) is 0 Å². The van der Waals surface area contributed by atoms with Crippen molar-refractivity contribution >= 4 is 11.8 Å². The zero-order valence-corrected chi connectivity index (χ0v) is 7.16. The van der Waals surface area contributed by atoms with Gasteiger partial charge in [0.15, 0.2) is 0 Å². The van der Waals surface area contributed by atoms with Gasteiger partial charge in [0.1, 0.15) is 0 Å². The highest BCUT2D eigenvalue weighted by atomic mass is 32.2. The van der Waals surface area contributed by atoms with Crippen LogP contribution in [0, 0.1) is 11.4 Å². The summed E-state index contributed by atoms with van der Waals surface area (Å²) < 4.78 is 0. The highest BCUT2D eigenvalue weighted by Gasteiger charge is 2.19. The van der Waals surface area contributed by atoms with Gasteiger partial charge in [-0.15, -0.1) is 0 Å². The highest BCUT2D eigenvalue weighted by molar-refractivity contribution is 7.99. The summed E-state index contributed by atoms with van der Waals surface area (Å²) in [6, 6.07) is 0.257. The third kappa shape index (κ3) is 1.97. The van der Waals surface area contributed by atoms with E-state index in [-0.39, 0.29) is 6.04 Å². The van der Waals surface area contributed by atoms with Crippen LogP contribution in [0.4, 0.5) is 0 Å². The largest absolute Gasteiger partial charge is 0.210 e. The first kappa shape index (κ1) is 8.05. The van der Waals surface area contributed by atoms with E-state index in [1.165, 1.54) is 24.3 Å². The van der Waals surface area contributed by atoms with Crippen LogP contribution >= 0.6 is 11.8 Å². The third-order valence-corrected chi connectivity index (χ3v) is 3.32. The van der Waals surface area contributed by atoms with Gasteiger partial charge < -0.3 is 0 Å². The van der Waals surface area contributed by atoms with Crippen LogP contribution in [-0.4, -0.2) is 17.5 Å². The Hall–Kier alpha value is -0.0500. The molecule has 0 spiro atoms. The topological polar surface area (TPSA) is 36.2 Å². The van der Waals surface area contributed by atoms with Crippen molar-refractivity contribution < 1.29 is 0 Å². The monoisotopic (exact) mass is 158 g/mol. The van der Waals surface area contributed by atoms with Crippen LogP contribution in [0.5, 0.6) is 0 Å². The fraction of sp³-hybridized carbons (Fsp3) is 1.00. The van der Waals surface area contributed by atoms with Gasteiger partial charge in [0.2, 0.25) is 0 Å². The molecule has 3 heteroatoms. The van der Waals surface area contributed by atoms with Gasteiger partial charge in [-0.25, -0.2) is 5.53 Å². The van der Waals surface area contributed by atoms with Gasteiger partial charge >= 0.3 is 0 Å². The van der Waals surface area contributed by atoms with E-state index >= 15 is 0 Å². The second-order valence-corrected chi connectivity index (χ2v) is 4.00. The van der Waals surface area contributed by atoms with E-state index < -0.39 is 0 Å². The normalized spacial score (nSPS) is 29.5. The minimum Gasteiger partial charge on any atom is -0.210 e. The smallest absolute Gasteiger partial charge is 0.0713 e. The summed E-state index contributed by atoms with van der Waals surface area (Å²) in [5, 5.41) is 3.55. The minimum atomic E-state index is 0.257. The average molecular weight is 158 g/mol. The number of nitrogens with zero attached hydrogens (tertiary/aromatic N) is 1. The standard InChI is InChI=1S/C7H14N2S/c1-6(9-8)7-3-2-4-10-5-7/h6-8H,2-5H2,1H3. The second kappa shape index (κ2) is 3.96. The summed E-state index contributed by atoms with van der Waals surface area (Å²) in [5.74, 6) is 3.20. The molecular weight excluding hydrogens is 144 g/mol. The molecule has 10 heavy (non-hydrogen) atoms. The summed E-state index contributed by atoms with van der Waals surface area (Å²) in [4.78, 5) is 0. The van der Waals surface area contributed by atoms with E-state index in [1.54, 1.807) is 0 Å². The molecule has 1 aliphatic rings. The first-order chi connectivity index (χ1) is 4.84. The van der Waals surface area contributed by atoms with Crippen LogP contribution in [-0.2, 0) is 0 Å². The molecule has 0 aromatic heterocycles. The van der Waals surface area contributed by atoms with E-state index in [0.29, 0.717) is 5.92 Å². The van der Waals surface area contributed by atoms with Crippen LogP contribution in [0.2, 0.25) is 0 Å². The Morgan fingerprint density at radius 2 is 2.50 bits per heavy atom. The molecule has 1 N–H and O–H groups in total. The zero-order chi connectivity index (χ0) is 7.40. The van der Waals surface area contributed by atoms with Crippen LogP contribution in [0.25, 0.3) is 0 Å². The van der Waals surface area contributed by atoms with Crippen LogP contribution in [0.3, 0.4) is 0 Å². The first-order valence-electron chi connectivity index (χ1n) is 3.79. The van der Waals surface area contributed by atoms with Gasteiger partial charge in [-0.2, -0.15) is 16.9 Å². The predicted octanol–water partition coefficient (Wildman–Crippen LogP) is 2.55. The Morgan fingerprint density at radius 3 is 3.00 bits per heavy atom. The molecule has 0 saturated carbocycles. The molecule has 2 unspecified atom stereocenters. The second-order valence-electron chi connectivity index (χ2n) is 2.85. The maximum atomic E-state index is 6.86. The van der Waals surface area contributed by atoms with Gasteiger partial charge in [-0.1, -0.05) is 0 Å². The van der Waals surface area contributed by atoms with E-state index in [1.807, 2.05) is 18.7 Å². The predicted molar refractivity (Wildman–Crippen MR) is 44.7 cm³/mol. The lowest BCUT2D eigenvalue weighted by molar-refractivity contribution is 0.430. The first-order valence-corrected chi connectivity index (χ1v) is 4.94. The molecular formula is C7H14N2S. The van der Waals surface area contributed by atoms with E-state index in [2.05, 4.69) is 5.11 Å². The van der Waals surface area contributed by atoms with Crippen molar-refractivity contribution in [2.75, 3.05) is 11.5 Å². The number of thioether (sulfide) groups is 1. The Balaban J connectivity index is 2.30. The molecule has 1 heterocycles. The molecule has 1 saturated heterocycles. The molecule has 0 bridgehead atoms. The zero-order valence-electron chi connectivity index (χ0n) is 6.34. The number of rotatable bonds is 2. The molecule has 0 aliphatic carbocycles. The van der Waals surface area contributed by atoms with Gasteiger partial charge in [-0.3, -0.25) is 0 Å². The molecule has 1 fully saturated rings. The Bertz CT molecular complexity index is 110. The van der Waals surface area contributed by atoms with Gasteiger partial charge in [0.05, 0.1) is 6.04 Å². The third-order valence-electron chi connectivity index (χ3n) is 2.08. The molecule has 58 valence electrons. The maximum absolute atomic E-state index is 6.86. The lowest BCUT2D eigenvalue weighted by Crippen LogP contribution is -2.20. The average Bonchev–Trinajstić information content (AvgIpc) is 2.05. The summed E-state index contributed by atoms with van der Waals surface area (Å²) >= 11 is 2.00. The quantitative estimate of drug-likeness (QED) is 0.616. The van der Waals surface area contributed by atoms with E-state index in [9.17, 15) is 0 Å². The molecule has 0 amide bonds. The van der Waals surface area contributed by atoms with Crippen LogP contribution in [0.1, 0.15) is 19.8 Å². The van der Waals surface area contributed by atoms with Crippen molar-refractivity contribution in [2.45, 2.75) is 25.8 Å². The molecule has 0 aromatic rings. The van der Waals surface area contributed by atoms with Gasteiger partial charge in [-0.05, 0) is 37.2 Å². The van der Waals surface area contributed by atoms with Crippen LogP contribution < -0.4 is 0 Å². The number of nitrogens with one attached hydrogen (secondary N) is 1. The minimum absolute atomic E-state index is 0.257. The highest BCUT2D eigenvalue weighted by Crippen LogP contribution is 2.26. The Labute approximate surface area is 66.3 Å². The van der Waals surface area contributed by atoms with Crippen molar-refractivity contribution in [3.05, 3.63) is 0 Å². The molecule has 1 aliphatic heterocycles. The van der Waals surface area contributed by atoms with Crippen molar-refractivity contribution in [1.82, 2.24) is 0 Å². The lowest BCUT2D eigenvalue weighted by Gasteiger charge is -2.23. The van der Waals surface area contributed by atoms with Crippen molar-refractivity contribution in [2.24, 2.45) is 11.0 Å². The van der Waals surface area contributed by atoms with E-state index in [4.69, 9.17) is 5.53 Å². The van der Waals surface area contributed by atoms with E-state index in [0.717, 1.165) is 0 Å². The SMILES string of the molecule is CC(N=N)C1CCCSC1. The fourth-order valence-corrected chi connectivity index (χ4v) is 2.54. The van der Waals surface area contributed by atoms with Gasteiger partial charge in [0.25, 0.3) is 0 Å². The summed E-state index contributed by atoms with van der Waals surface area (Å²) in [5.41, 5.74) is 6.86. The summed E-state index contributed by atoms with van der Waals surface area (Å²) in [6.45, 7) is 2.05. The Kier molecular flexibility index (Phi) is 3.19. The summed E-state index contributed by atoms with van der Waals surface area (Å²) in [6.07, 6.45) is 2.59.